The predicted molar refractivity (Wildman–Crippen MR) is 68.1 cm³/mol. The minimum atomic E-state index is 0.217. The van der Waals surface area contributed by atoms with Crippen LogP contribution in [0, 0.1) is 0 Å². The van der Waals surface area contributed by atoms with Crippen LogP contribution in [0.3, 0.4) is 0 Å². The average molecular weight is 267 g/mol. The molecule has 1 nitrogen and oxygen atoms in total. The van der Waals surface area contributed by atoms with E-state index in [2.05, 4.69) is 0 Å². The molecule has 84 valence electrons. The summed E-state index contributed by atoms with van der Waals surface area (Å²) in [5.74, 6) is 0. The van der Waals surface area contributed by atoms with Crippen LogP contribution in [-0.2, 0) is 6.42 Å². The van der Waals surface area contributed by atoms with E-state index < -0.39 is 0 Å². The lowest BCUT2D eigenvalue weighted by atomic mass is 10.1. The van der Waals surface area contributed by atoms with Crippen LogP contribution < -0.4 is 5.73 Å². The highest BCUT2D eigenvalue weighted by Gasteiger charge is 2.07. The zero-order valence-corrected chi connectivity index (χ0v) is 10.8. The molecule has 0 radical (unpaired) electrons. The highest BCUT2D eigenvalue weighted by atomic mass is 35.5. The second-order valence-electron chi connectivity index (χ2n) is 3.72. The van der Waals surface area contributed by atoms with Crippen molar-refractivity contribution in [1.29, 1.82) is 0 Å². The lowest BCUT2D eigenvalue weighted by molar-refractivity contribution is 0.624. The maximum atomic E-state index is 6.05. The Morgan fingerprint density at radius 2 is 1.73 bits per heavy atom. The average Bonchev–Trinajstić information content (AvgIpc) is 2.08. The molecule has 0 saturated heterocycles. The molecule has 0 fully saturated rings. The Labute approximate surface area is 106 Å². The van der Waals surface area contributed by atoms with Crippen LogP contribution in [0.5, 0.6) is 0 Å². The molecule has 2 N–H and O–H groups in total. The fourth-order valence-electron chi connectivity index (χ4n) is 1.41. The number of rotatable bonds is 4. The largest absolute Gasteiger partial charge is 0.328 e. The van der Waals surface area contributed by atoms with Crippen molar-refractivity contribution in [3.05, 3.63) is 32.8 Å². The first kappa shape index (κ1) is 13.1. The maximum absolute atomic E-state index is 6.05. The van der Waals surface area contributed by atoms with Crippen LogP contribution in [0.2, 0.25) is 15.1 Å². The van der Waals surface area contributed by atoms with E-state index in [4.69, 9.17) is 40.5 Å². The highest BCUT2D eigenvalue weighted by Crippen LogP contribution is 2.30. The molecule has 0 aliphatic carbocycles. The molecule has 15 heavy (non-hydrogen) atoms. The van der Waals surface area contributed by atoms with Crippen molar-refractivity contribution in [3.8, 4) is 0 Å². The van der Waals surface area contributed by atoms with Crippen molar-refractivity contribution < 1.29 is 0 Å². The molecule has 0 bridgehead atoms. The van der Waals surface area contributed by atoms with Gasteiger partial charge in [-0.05, 0) is 43.9 Å². The van der Waals surface area contributed by atoms with Gasteiger partial charge in [-0.2, -0.15) is 0 Å². The lowest BCUT2D eigenvalue weighted by Crippen LogP contribution is -2.14. The Morgan fingerprint density at radius 3 is 2.20 bits per heavy atom. The van der Waals surface area contributed by atoms with Gasteiger partial charge in [0.05, 0.1) is 0 Å². The summed E-state index contributed by atoms with van der Waals surface area (Å²) in [6.45, 7) is 1.99. The standard InChI is InChI=1S/C11H14Cl3N/c1-7(15)3-2-4-9-10(13)5-8(12)6-11(9)14/h5-7H,2-4,15H2,1H3. The van der Waals surface area contributed by atoms with Gasteiger partial charge < -0.3 is 5.73 Å². The summed E-state index contributed by atoms with van der Waals surface area (Å²) in [7, 11) is 0. The zero-order valence-electron chi connectivity index (χ0n) is 8.56. The molecule has 1 unspecified atom stereocenters. The fraction of sp³-hybridized carbons (Fsp3) is 0.455. The number of benzene rings is 1. The smallest absolute Gasteiger partial charge is 0.0467 e. The van der Waals surface area contributed by atoms with Crippen LogP contribution in [0.4, 0.5) is 0 Å². The number of nitrogens with two attached hydrogens (primary N) is 1. The Kier molecular flexibility index (Phi) is 5.20. The summed E-state index contributed by atoms with van der Waals surface area (Å²) in [4.78, 5) is 0. The molecular formula is C11H14Cl3N. The summed E-state index contributed by atoms with van der Waals surface area (Å²) >= 11 is 17.9. The molecular weight excluding hydrogens is 252 g/mol. The van der Waals surface area contributed by atoms with Crippen LogP contribution in [0.25, 0.3) is 0 Å². The van der Waals surface area contributed by atoms with Gasteiger partial charge in [-0.25, -0.2) is 0 Å². The van der Waals surface area contributed by atoms with E-state index in [0.717, 1.165) is 24.8 Å². The number of hydrogen-bond donors (Lipinski definition) is 1. The quantitative estimate of drug-likeness (QED) is 0.863. The van der Waals surface area contributed by atoms with Gasteiger partial charge >= 0.3 is 0 Å². The molecule has 0 aliphatic heterocycles. The van der Waals surface area contributed by atoms with Crippen molar-refractivity contribution in [2.45, 2.75) is 32.2 Å². The van der Waals surface area contributed by atoms with Gasteiger partial charge in [-0.1, -0.05) is 34.8 Å². The summed E-state index contributed by atoms with van der Waals surface area (Å²) in [6, 6.07) is 3.65. The molecule has 1 aromatic rings. The summed E-state index contributed by atoms with van der Waals surface area (Å²) in [5.41, 5.74) is 6.63. The third kappa shape index (κ3) is 4.20. The first-order valence-electron chi connectivity index (χ1n) is 4.89. The van der Waals surface area contributed by atoms with Crippen LogP contribution in [0.15, 0.2) is 12.1 Å². The molecule has 1 atom stereocenters. The number of halogens is 3. The van der Waals surface area contributed by atoms with Crippen molar-refractivity contribution in [2.24, 2.45) is 5.73 Å². The second kappa shape index (κ2) is 5.95. The summed E-state index contributed by atoms with van der Waals surface area (Å²) < 4.78 is 0. The predicted octanol–water partition coefficient (Wildman–Crippen LogP) is 4.32. The molecule has 0 aliphatic rings. The van der Waals surface area contributed by atoms with Crippen molar-refractivity contribution in [1.82, 2.24) is 0 Å². The molecule has 0 aromatic heterocycles. The normalized spacial score (nSPS) is 12.9. The lowest BCUT2D eigenvalue weighted by Gasteiger charge is -2.09. The van der Waals surface area contributed by atoms with E-state index in [-0.39, 0.29) is 6.04 Å². The van der Waals surface area contributed by atoms with E-state index >= 15 is 0 Å². The third-order valence-corrected chi connectivity index (χ3v) is 3.08. The van der Waals surface area contributed by atoms with Crippen LogP contribution >= 0.6 is 34.8 Å². The van der Waals surface area contributed by atoms with Gasteiger partial charge in [-0.3, -0.25) is 0 Å². The molecule has 0 heterocycles. The van der Waals surface area contributed by atoms with Crippen LogP contribution in [0.1, 0.15) is 25.3 Å². The molecule has 0 amide bonds. The molecule has 4 heteroatoms. The van der Waals surface area contributed by atoms with Crippen molar-refractivity contribution in [2.75, 3.05) is 0 Å². The first-order valence-corrected chi connectivity index (χ1v) is 6.03. The molecule has 1 rings (SSSR count). The molecule has 1 aromatic carbocycles. The van der Waals surface area contributed by atoms with Crippen LogP contribution in [-0.4, -0.2) is 6.04 Å². The van der Waals surface area contributed by atoms with E-state index in [9.17, 15) is 0 Å². The van der Waals surface area contributed by atoms with Gasteiger partial charge in [0.15, 0.2) is 0 Å². The van der Waals surface area contributed by atoms with Crippen molar-refractivity contribution in [3.63, 3.8) is 0 Å². The molecule has 0 spiro atoms. The molecule has 0 saturated carbocycles. The van der Waals surface area contributed by atoms with Gasteiger partial charge in [0.1, 0.15) is 0 Å². The Hall–Kier alpha value is 0.0500. The van der Waals surface area contributed by atoms with Gasteiger partial charge in [0, 0.05) is 21.1 Å². The van der Waals surface area contributed by atoms with E-state index in [1.54, 1.807) is 12.1 Å². The highest BCUT2D eigenvalue weighted by molar-refractivity contribution is 6.39. The SMILES string of the molecule is CC(N)CCCc1c(Cl)cc(Cl)cc1Cl. The van der Waals surface area contributed by atoms with Crippen molar-refractivity contribution >= 4 is 34.8 Å². The summed E-state index contributed by atoms with van der Waals surface area (Å²) in [6.07, 6.45) is 2.80. The fourth-order valence-corrected chi connectivity index (χ4v) is 2.42. The first-order chi connectivity index (χ1) is 7.00. The van der Waals surface area contributed by atoms with E-state index in [1.165, 1.54) is 0 Å². The zero-order chi connectivity index (χ0) is 11.4. The van der Waals surface area contributed by atoms with Gasteiger partial charge in [0.2, 0.25) is 0 Å². The minimum Gasteiger partial charge on any atom is -0.328 e. The van der Waals surface area contributed by atoms with Gasteiger partial charge in [0.25, 0.3) is 0 Å². The second-order valence-corrected chi connectivity index (χ2v) is 4.97. The minimum absolute atomic E-state index is 0.217. The Balaban J connectivity index is 2.68. The third-order valence-electron chi connectivity index (χ3n) is 2.19. The summed E-state index contributed by atoms with van der Waals surface area (Å²) in [5, 5.41) is 1.84. The topological polar surface area (TPSA) is 26.0 Å². The van der Waals surface area contributed by atoms with E-state index in [0.29, 0.717) is 15.1 Å². The Bertz CT molecular complexity index is 314. The maximum Gasteiger partial charge on any atom is 0.0467 e. The number of hydrogen-bond acceptors (Lipinski definition) is 1. The van der Waals surface area contributed by atoms with E-state index in [1.807, 2.05) is 6.92 Å². The monoisotopic (exact) mass is 265 g/mol. The van der Waals surface area contributed by atoms with Gasteiger partial charge in [-0.15, -0.1) is 0 Å². The Morgan fingerprint density at radius 1 is 1.20 bits per heavy atom.